The Hall–Kier alpha value is -3.44. The number of hydrogen-bond donors (Lipinski definition) is 2. The molecule has 0 radical (unpaired) electrons. The number of aromatic nitrogens is 1. The van der Waals surface area contributed by atoms with Crippen molar-refractivity contribution in [3.8, 4) is 0 Å². The number of ether oxygens (including phenoxy) is 2. The zero-order chi connectivity index (χ0) is 24.3. The quantitative estimate of drug-likeness (QED) is 0.363. The summed E-state index contributed by atoms with van der Waals surface area (Å²) >= 11 is 1.04. The number of rotatable bonds is 8. The van der Waals surface area contributed by atoms with E-state index in [0.29, 0.717) is 11.3 Å². The van der Waals surface area contributed by atoms with E-state index < -0.39 is 33.8 Å². The third kappa shape index (κ3) is 4.99. The van der Waals surface area contributed by atoms with Crippen molar-refractivity contribution in [3.63, 3.8) is 0 Å². The summed E-state index contributed by atoms with van der Waals surface area (Å²) in [7, 11) is -2.65. The molecule has 3 rings (SSSR count). The van der Waals surface area contributed by atoms with Gasteiger partial charge in [0.1, 0.15) is 4.21 Å². The van der Waals surface area contributed by atoms with Gasteiger partial charge in [-0.05, 0) is 49.9 Å². The fourth-order valence-electron chi connectivity index (χ4n) is 3.25. The zero-order valence-corrected chi connectivity index (χ0v) is 19.9. The topological polar surface area (TPSA) is 132 Å². The van der Waals surface area contributed by atoms with E-state index in [9.17, 15) is 22.8 Å². The lowest BCUT2D eigenvalue weighted by atomic mass is 10.1. The maximum Gasteiger partial charge on any atom is 0.340 e. The van der Waals surface area contributed by atoms with Crippen molar-refractivity contribution in [3.05, 3.63) is 69.9 Å². The molecule has 33 heavy (non-hydrogen) atoms. The van der Waals surface area contributed by atoms with Crippen molar-refractivity contribution < 1.29 is 32.3 Å². The van der Waals surface area contributed by atoms with Crippen molar-refractivity contribution in [2.75, 3.05) is 11.8 Å². The van der Waals surface area contributed by atoms with E-state index in [1.807, 2.05) is 0 Å². The van der Waals surface area contributed by atoms with E-state index in [-0.39, 0.29) is 26.7 Å². The summed E-state index contributed by atoms with van der Waals surface area (Å²) in [6, 6.07) is 8.98. The Morgan fingerprint density at radius 1 is 1.06 bits per heavy atom. The van der Waals surface area contributed by atoms with Crippen LogP contribution in [0.5, 0.6) is 0 Å². The van der Waals surface area contributed by atoms with Crippen LogP contribution < -0.4 is 4.72 Å². The molecule has 0 fully saturated rings. The number of benzene rings is 1. The molecule has 1 atom stereocenters. The van der Waals surface area contributed by atoms with Gasteiger partial charge in [0.25, 0.3) is 10.0 Å². The number of para-hydroxylation sites is 1. The number of Topliss-reactive ketones (excluding diaryl/α,β-unsaturated/α-hetero) is 1. The molecule has 2 heterocycles. The van der Waals surface area contributed by atoms with Gasteiger partial charge in [-0.1, -0.05) is 18.2 Å². The summed E-state index contributed by atoms with van der Waals surface area (Å²) in [5.74, 6) is -2.01. The maximum absolute atomic E-state index is 12.9. The molecule has 0 saturated heterocycles. The number of thiophene rings is 1. The third-order valence-electron chi connectivity index (χ3n) is 4.88. The molecule has 11 heteroatoms. The highest BCUT2D eigenvalue weighted by Gasteiger charge is 2.28. The Kier molecular flexibility index (Phi) is 7.04. The van der Waals surface area contributed by atoms with Crippen LogP contribution >= 0.6 is 11.3 Å². The summed E-state index contributed by atoms with van der Waals surface area (Å²) in [6.07, 6.45) is -1.21. The van der Waals surface area contributed by atoms with Gasteiger partial charge in [0.05, 0.1) is 29.6 Å². The lowest BCUT2D eigenvalue weighted by molar-refractivity contribution is 0.0317. The number of nitrogens with one attached hydrogen (secondary N) is 2. The minimum Gasteiger partial charge on any atom is -0.465 e. The van der Waals surface area contributed by atoms with Gasteiger partial charge in [0.2, 0.25) is 5.78 Å². The van der Waals surface area contributed by atoms with Gasteiger partial charge in [0, 0.05) is 5.69 Å². The smallest absolute Gasteiger partial charge is 0.340 e. The van der Waals surface area contributed by atoms with Gasteiger partial charge in [-0.15, -0.1) is 11.3 Å². The summed E-state index contributed by atoms with van der Waals surface area (Å²) in [6.45, 7) is 4.61. The van der Waals surface area contributed by atoms with Crippen LogP contribution in [0.3, 0.4) is 0 Å². The van der Waals surface area contributed by atoms with E-state index in [4.69, 9.17) is 9.47 Å². The summed E-state index contributed by atoms with van der Waals surface area (Å²) < 4.78 is 37.7. The molecule has 9 nitrogen and oxygen atoms in total. The SMILES string of the molecule is COC(=O)c1c(C)[nH]c(C(=O)C(C)OC(=O)c2ccccc2NS(=O)(=O)c2cccs2)c1C. The van der Waals surface area contributed by atoms with Crippen LogP contribution in [0.4, 0.5) is 5.69 Å². The largest absolute Gasteiger partial charge is 0.465 e. The van der Waals surface area contributed by atoms with E-state index >= 15 is 0 Å². The standard InChI is InChI=1S/C22H22N2O7S2/c1-12-18(22(27)30-4)13(2)23-19(12)20(25)14(3)31-21(26)15-8-5-6-9-16(15)24-33(28,29)17-10-7-11-32-17/h5-11,14,23-24H,1-4H3. The number of ketones is 1. The molecule has 2 N–H and O–H groups in total. The van der Waals surface area contributed by atoms with Crippen molar-refractivity contribution in [1.29, 1.82) is 0 Å². The molecular formula is C22H22N2O7S2. The highest BCUT2D eigenvalue weighted by Crippen LogP contribution is 2.25. The molecule has 3 aromatic rings. The first-order chi connectivity index (χ1) is 15.6. The first kappa shape index (κ1) is 24.2. The van der Waals surface area contributed by atoms with E-state index in [1.54, 1.807) is 37.4 Å². The van der Waals surface area contributed by atoms with Gasteiger partial charge in [-0.2, -0.15) is 0 Å². The van der Waals surface area contributed by atoms with Gasteiger partial charge in [0.15, 0.2) is 6.10 Å². The van der Waals surface area contributed by atoms with Crippen molar-refractivity contribution in [2.24, 2.45) is 0 Å². The number of sulfonamides is 1. The second kappa shape index (κ2) is 9.59. The van der Waals surface area contributed by atoms with Gasteiger partial charge in [-0.3, -0.25) is 9.52 Å². The fraction of sp³-hybridized carbons (Fsp3) is 0.227. The number of hydrogen-bond acceptors (Lipinski definition) is 8. The Balaban J connectivity index is 1.81. The van der Waals surface area contributed by atoms with Crippen molar-refractivity contribution in [2.45, 2.75) is 31.1 Å². The molecule has 1 unspecified atom stereocenters. The Bertz CT molecular complexity index is 1310. The lowest BCUT2D eigenvalue weighted by Crippen LogP contribution is -2.26. The van der Waals surface area contributed by atoms with Gasteiger partial charge >= 0.3 is 11.9 Å². The number of aryl methyl sites for hydroxylation is 1. The first-order valence-corrected chi connectivity index (χ1v) is 12.1. The van der Waals surface area contributed by atoms with Gasteiger partial charge in [-0.25, -0.2) is 18.0 Å². The molecule has 0 spiro atoms. The molecule has 0 aliphatic heterocycles. The van der Waals surface area contributed by atoms with Crippen LogP contribution in [0.25, 0.3) is 0 Å². The van der Waals surface area contributed by atoms with Crippen LogP contribution in [-0.2, 0) is 19.5 Å². The number of carbonyl (C=O) groups is 3. The first-order valence-electron chi connectivity index (χ1n) is 9.74. The average molecular weight is 491 g/mol. The number of methoxy groups -OCH3 is 1. The molecule has 0 bridgehead atoms. The molecule has 0 aliphatic rings. The number of H-pyrrole nitrogens is 1. The summed E-state index contributed by atoms with van der Waals surface area (Å²) in [5, 5.41) is 1.62. The summed E-state index contributed by atoms with van der Waals surface area (Å²) in [4.78, 5) is 40.5. The molecule has 0 amide bonds. The Morgan fingerprint density at radius 3 is 2.39 bits per heavy atom. The number of anilines is 1. The third-order valence-corrected chi connectivity index (χ3v) is 7.64. The number of aromatic amines is 1. The molecule has 0 aliphatic carbocycles. The van der Waals surface area contributed by atoms with E-state index in [0.717, 1.165) is 11.3 Å². The zero-order valence-electron chi connectivity index (χ0n) is 18.3. The number of esters is 2. The lowest BCUT2D eigenvalue weighted by Gasteiger charge is -2.15. The second-order valence-corrected chi connectivity index (χ2v) is 9.97. The molecule has 0 saturated carbocycles. The minimum atomic E-state index is -3.89. The minimum absolute atomic E-state index is 0.0235. The van der Waals surface area contributed by atoms with Crippen molar-refractivity contribution in [1.82, 2.24) is 4.98 Å². The van der Waals surface area contributed by atoms with Crippen LogP contribution in [0.15, 0.2) is 46.0 Å². The van der Waals surface area contributed by atoms with Crippen LogP contribution in [0.1, 0.15) is 49.4 Å². The molecule has 174 valence electrons. The normalized spacial score (nSPS) is 12.1. The molecular weight excluding hydrogens is 468 g/mol. The maximum atomic E-state index is 12.9. The predicted molar refractivity (Wildman–Crippen MR) is 122 cm³/mol. The highest BCUT2D eigenvalue weighted by molar-refractivity contribution is 7.94. The second-order valence-electron chi connectivity index (χ2n) is 7.11. The number of carbonyl (C=O) groups excluding carboxylic acids is 3. The summed E-state index contributed by atoms with van der Waals surface area (Å²) in [5.41, 5.74) is 1.18. The van der Waals surface area contributed by atoms with E-state index in [1.165, 1.54) is 32.2 Å². The molecule has 2 aromatic heterocycles. The van der Waals surface area contributed by atoms with Crippen LogP contribution in [0.2, 0.25) is 0 Å². The Morgan fingerprint density at radius 2 is 1.76 bits per heavy atom. The molecule has 1 aromatic carbocycles. The van der Waals surface area contributed by atoms with Crippen LogP contribution in [-0.4, -0.2) is 44.3 Å². The van der Waals surface area contributed by atoms with Crippen molar-refractivity contribution >= 4 is 44.8 Å². The van der Waals surface area contributed by atoms with Gasteiger partial charge < -0.3 is 14.5 Å². The van der Waals surface area contributed by atoms with E-state index in [2.05, 4.69) is 9.71 Å². The predicted octanol–water partition coefficient (Wildman–Crippen LogP) is 3.71. The average Bonchev–Trinajstić information content (AvgIpc) is 3.41. The highest BCUT2D eigenvalue weighted by atomic mass is 32.2. The van der Waals surface area contributed by atoms with Crippen LogP contribution in [0, 0.1) is 13.8 Å². The fourth-order valence-corrected chi connectivity index (χ4v) is 5.32. The Labute approximate surface area is 194 Å². The monoisotopic (exact) mass is 490 g/mol.